The van der Waals surface area contributed by atoms with Gasteiger partial charge in [0.1, 0.15) is 18.0 Å². The van der Waals surface area contributed by atoms with Crippen molar-refractivity contribution in [3.05, 3.63) is 11.9 Å². The lowest BCUT2D eigenvalue weighted by Crippen LogP contribution is -2.18. The number of nitrogens with one attached hydrogen (secondary N) is 1. The quantitative estimate of drug-likeness (QED) is 0.819. The van der Waals surface area contributed by atoms with Gasteiger partial charge in [0.15, 0.2) is 0 Å². The molecule has 1 fully saturated rings. The minimum Gasteiger partial charge on any atom is -0.383 e. The van der Waals surface area contributed by atoms with E-state index in [-0.39, 0.29) is 0 Å². The van der Waals surface area contributed by atoms with E-state index in [1.165, 1.54) is 25.6 Å². The fourth-order valence-electron chi connectivity index (χ4n) is 2.40. The minimum absolute atomic E-state index is 0.567. The first-order chi connectivity index (χ1) is 7.68. The molecule has 1 aromatic rings. The van der Waals surface area contributed by atoms with Crippen LogP contribution in [0.4, 0.5) is 11.6 Å². The molecule has 2 rings (SSSR count). The number of hydrogen-bond acceptors (Lipinski definition) is 4. The van der Waals surface area contributed by atoms with E-state index in [2.05, 4.69) is 22.2 Å². The van der Waals surface area contributed by atoms with Gasteiger partial charge in [0, 0.05) is 12.1 Å². The zero-order chi connectivity index (χ0) is 11.5. The van der Waals surface area contributed by atoms with Gasteiger partial charge in [-0.2, -0.15) is 0 Å². The number of nitrogen functional groups attached to an aromatic ring is 1. The largest absolute Gasteiger partial charge is 0.383 e. The molecule has 1 aromatic heterocycles. The van der Waals surface area contributed by atoms with Crippen LogP contribution in [0.25, 0.3) is 0 Å². The van der Waals surface area contributed by atoms with Gasteiger partial charge in [-0.05, 0) is 25.2 Å². The second-order valence-electron chi connectivity index (χ2n) is 4.78. The molecular weight excluding hydrogens is 200 g/mol. The van der Waals surface area contributed by atoms with Gasteiger partial charge in [0.05, 0.1) is 0 Å². The SMILES string of the molecule is Cc1c(N)ncnc1NCC1CCCC1C. The first kappa shape index (κ1) is 11.2. The third-order valence-electron chi connectivity index (χ3n) is 3.69. The van der Waals surface area contributed by atoms with Crippen molar-refractivity contribution in [2.45, 2.75) is 33.1 Å². The third kappa shape index (κ3) is 2.26. The second kappa shape index (κ2) is 4.68. The van der Waals surface area contributed by atoms with Crippen molar-refractivity contribution in [3.8, 4) is 0 Å². The molecule has 16 heavy (non-hydrogen) atoms. The van der Waals surface area contributed by atoms with E-state index in [0.29, 0.717) is 5.82 Å². The summed E-state index contributed by atoms with van der Waals surface area (Å²) in [5.74, 6) is 3.05. The van der Waals surface area contributed by atoms with E-state index in [9.17, 15) is 0 Å². The van der Waals surface area contributed by atoms with Gasteiger partial charge in [0.25, 0.3) is 0 Å². The lowest BCUT2D eigenvalue weighted by Gasteiger charge is -2.17. The van der Waals surface area contributed by atoms with Gasteiger partial charge in [-0.25, -0.2) is 9.97 Å². The minimum atomic E-state index is 0.567. The molecule has 0 spiro atoms. The van der Waals surface area contributed by atoms with E-state index in [0.717, 1.165) is 29.8 Å². The highest BCUT2D eigenvalue weighted by atomic mass is 15.0. The van der Waals surface area contributed by atoms with Crippen LogP contribution < -0.4 is 11.1 Å². The summed E-state index contributed by atoms with van der Waals surface area (Å²) in [5.41, 5.74) is 6.69. The van der Waals surface area contributed by atoms with Gasteiger partial charge >= 0.3 is 0 Å². The molecule has 1 saturated carbocycles. The molecule has 1 heterocycles. The maximum absolute atomic E-state index is 5.74. The Kier molecular flexibility index (Phi) is 3.27. The van der Waals surface area contributed by atoms with Crippen molar-refractivity contribution >= 4 is 11.6 Å². The average molecular weight is 220 g/mol. The van der Waals surface area contributed by atoms with Crippen molar-refractivity contribution in [1.82, 2.24) is 9.97 Å². The van der Waals surface area contributed by atoms with Gasteiger partial charge in [-0.3, -0.25) is 0 Å². The first-order valence-corrected chi connectivity index (χ1v) is 5.99. The predicted octanol–water partition coefficient (Wildman–Crippen LogP) is 2.22. The molecule has 0 amide bonds. The van der Waals surface area contributed by atoms with Gasteiger partial charge < -0.3 is 11.1 Å². The van der Waals surface area contributed by atoms with Crippen LogP contribution in [0.15, 0.2) is 6.33 Å². The summed E-state index contributed by atoms with van der Waals surface area (Å²) >= 11 is 0. The first-order valence-electron chi connectivity index (χ1n) is 5.99. The lowest BCUT2D eigenvalue weighted by atomic mass is 9.98. The van der Waals surface area contributed by atoms with Gasteiger partial charge in [-0.1, -0.05) is 19.8 Å². The molecule has 0 aliphatic heterocycles. The van der Waals surface area contributed by atoms with Crippen LogP contribution in [0.1, 0.15) is 31.7 Å². The second-order valence-corrected chi connectivity index (χ2v) is 4.78. The Morgan fingerprint density at radius 1 is 1.44 bits per heavy atom. The van der Waals surface area contributed by atoms with E-state index >= 15 is 0 Å². The van der Waals surface area contributed by atoms with Crippen molar-refractivity contribution < 1.29 is 0 Å². The van der Waals surface area contributed by atoms with Crippen LogP contribution >= 0.6 is 0 Å². The predicted molar refractivity (Wildman–Crippen MR) is 66.2 cm³/mol. The molecule has 1 aliphatic rings. The lowest BCUT2D eigenvalue weighted by molar-refractivity contribution is 0.439. The Hall–Kier alpha value is -1.32. The smallest absolute Gasteiger partial charge is 0.134 e. The maximum atomic E-state index is 5.74. The third-order valence-corrected chi connectivity index (χ3v) is 3.69. The number of nitrogens with zero attached hydrogens (tertiary/aromatic N) is 2. The van der Waals surface area contributed by atoms with Crippen LogP contribution in [0, 0.1) is 18.8 Å². The molecule has 4 heteroatoms. The monoisotopic (exact) mass is 220 g/mol. The molecule has 4 nitrogen and oxygen atoms in total. The number of aromatic nitrogens is 2. The highest BCUT2D eigenvalue weighted by Gasteiger charge is 2.23. The average Bonchev–Trinajstić information content (AvgIpc) is 2.67. The molecule has 1 aliphatic carbocycles. The van der Waals surface area contributed by atoms with Crippen molar-refractivity contribution in [3.63, 3.8) is 0 Å². The normalized spacial score (nSPS) is 24.6. The number of rotatable bonds is 3. The fraction of sp³-hybridized carbons (Fsp3) is 0.667. The highest BCUT2D eigenvalue weighted by Crippen LogP contribution is 2.31. The summed E-state index contributed by atoms with van der Waals surface area (Å²) in [7, 11) is 0. The summed E-state index contributed by atoms with van der Waals surface area (Å²) in [6, 6.07) is 0. The van der Waals surface area contributed by atoms with E-state index in [1.807, 2.05) is 6.92 Å². The molecule has 3 N–H and O–H groups in total. The number of hydrogen-bond donors (Lipinski definition) is 2. The Morgan fingerprint density at radius 3 is 2.94 bits per heavy atom. The van der Waals surface area contributed by atoms with E-state index < -0.39 is 0 Å². The molecule has 0 radical (unpaired) electrons. The standard InChI is InChI=1S/C12H20N4/c1-8-4-3-5-10(8)6-14-12-9(2)11(13)15-7-16-12/h7-8,10H,3-6H2,1-2H3,(H3,13,14,15,16). The molecule has 0 saturated heterocycles. The summed E-state index contributed by atoms with van der Waals surface area (Å²) < 4.78 is 0. The Balaban J connectivity index is 1.96. The number of anilines is 2. The zero-order valence-corrected chi connectivity index (χ0v) is 10.0. The van der Waals surface area contributed by atoms with Crippen molar-refractivity contribution in [2.24, 2.45) is 11.8 Å². The Labute approximate surface area is 96.7 Å². The fourth-order valence-corrected chi connectivity index (χ4v) is 2.40. The molecule has 0 aromatic carbocycles. The van der Waals surface area contributed by atoms with Gasteiger partial charge in [-0.15, -0.1) is 0 Å². The van der Waals surface area contributed by atoms with E-state index in [4.69, 9.17) is 5.73 Å². The van der Waals surface area contributed by atoms with Crippen LogP contribution in [0.2, 0.25) is 0 Å². The van der Waals surface area contributed by atoms with Crippen molar-refractivity contribution in [2.75, 3.05) is 17.6 Å². The van der Waals surface area contributed by atoms with E-state index in [1.54, 1.807) is 0 Å². The zero-order valence-electron chi connectivity index (χ0n) is 10.0. The summed E-state index contributed by atoms with van der Waals surface area (Å²) in [6.07, 6.45) is 5.56. The molecule has 0 bridgehead atoms. The summed E-state index contributed by atoms with van der Waals surface area (Å²) in [4.78, 5) is 8.18. The molecule has 88 valence electrons. The summed E-state index contributed by atoms with van der Waals surface area (Å²) in [6.45, 7) is 5.29. The van der Waals surface area contributed by atoms with Crippen LogP contribution in [-0.2, 0) is 0 Å². The molecule has 2 unspecified atom stereocenters. The maximum Gasteiger partial charge on any atom is 0.134 e. The molecular formula is C12H20N4. The number of nitrogens with two attached hydrogens (primary N) is 1. The topological polar surface area (TPSA) is 63.8 Å². The molecule has 2 atom stereocenters. The van der Waals surface area contributed by atoms with Gasteiger partial charge in [0.2, 0.25) is 0 Å². The van der Waals surface area contributed by atoms with Crippen LogP contribution in [-0.4, -0.2) is 16.5 Å². The van der Waals surface area contributed by atoms with Crippen LogP contribution in [0.3, 0.4) is 0 Å². The van der Waals surface area contributed by atoms with Crippen LogP contribution in [0.5, 0.6) is 0 Å². The summed E-state index contributed by atoms with van der Waals surface area (Å²) in [5, 5.41) is 3.40. The Bertz CT molecular complexity index is 364. The highest BCUT2D eigenvalue weighted by molar-refractivity contribution is 5.53. The van der Waals surface area contributed by atoms with Crippen molar-refractivity contribution in [1.29, 1.82) is 0 Å². The Morgan fingerprint density at radius 2 is 2.25 bits per heavy atom.